The van der Waals surface area contributed by atoms with Gasteiger partial charge in [-0.3, -0.25) is 0 Å². The van der Waals surface area contributed by atoms with E-state index >= 15 is 0 Å². The minimum absolute atomic E-state index is 0.150. The van der Waals surface area contributed by atoms with Crippen LogP contribution < -0.4 is 10.2 Å². The monoisotopic (exact) mass is 264 g/mol. The summed E-state index contributed by atoms with van der Waals surface area (Å²) in [5, 5.41) is 3.39. The Morgan fingerprint density at radius 1 is 1.42 bits per heavy atom. The van der Waals surface area contributed by atoms with E-state index in [1.807, 2.05) is 6.07 Å². The number of anilines is 1. The van der Waals surface area contributed by atoms with Crippen molar-refractivity contribution in [1.82, 2.24) is 5.32 Å². The molecular weight excluding hydrogens is 239 g/mol. The van der Waals surface area contributed by atoms with Crippen LogP contribution in [0.15, 0.2) is 18.2 Å². The standard InChI is InChI=1S/C16H25FN2/c1-5-18-13(4)15-9-14(17)6-7-16(15)19-10-11(2)8-12(19)3/h6-7,9,11-13,18H,5,8,10H2,1-4H3. The van der Waals surface area contributed by atoms with Crippen LogP contribution in [-0.4, -0.2) is 19.1 Å². The third kappa shape index (κ3) is 3.08. The first-order valence-electron chi connectivity index (χ1n) is 7.32. The summed E-state index contributed by atoms with van der Waals surface area (Å²) in [5.74, 6) is 0.561. The molecule has 19 heavy (non-hydrogen) atoms. The molecule has 2 nitrogen and oxygen atoms in total. The molecule has 0 amide bonds. The Kier molecular flexibility index (Phi) is 4.46. The van der Waals surface area contributed by atoms with Crippen LogP contribution in [-0.2, 0) is 0 Å². The average molecular weight is 264 g/mol. The highest BCUT2D eigenvalue weighted by Crippen LogP contribution is 2.34. The van der Waals surface area contributed by atoms with Gasteiger partial charge in [-0.15, -0.1) is 0 Å². The van der Waals surface area contributed by atoms with Crippen LogP contribution in [0.2, 0.25) is 0 Å². The summed E-state index contributed by atoms with van der Waals surface area (Å²) in [7, 11) is 0. The summed E-state index contributed by atoms with van der Waals surface area (Å²) in [4.78, 5) is 2.42. The van der Waals surface area contributed by atoms with E-state index in [2.05, 4.69) is 37.9 Å². The van der Waals surface area contributed by atoms with E-state index in [4.69, 9.17) is 0 Å². The largest absolute Gasteiger partial charge is 0.368 e. The zero-order valence-electron chi connectivity index (χ0n) is 12.4. The molecule has 0 saturated carbocycles. The highest BCUT2D eigenvalue weighted by atomic mass is 19.1. The van der Waals surface area contributed by atoms with Gasteiger partial charge in [-0.2, -0.15) is 0 Å². The number of nitrogens with one attached hydrogen (secondary N) is 1. The van der Waals surface area contributed by atoms with Gasteiger partial charge < -0.3 is 10.2 Å². The van der Waals surface area contributed by atoms with Crippen LogP contribution >= 0.6 is 0 Å². The van der Waals surface area contributed by atoms with Crippen molar-refractivity contribution in [2.45, 2.75) is 46.2 Å². The molecule has 1 aromatic carbocycles. The molecule has 0 spiro atoms. The Balaban J connectivity index is 2.34. The van der Waals surface area contributed by atoms with Gasteiger partial charge in [-0.1, -0.05) is 13.8 Å². The lowest BCUT2D eigenvalue weighted by Gasteiger charge is -2.29. The molecule has 2 rings (SSSR count). The summed E-state index contributed by atoms with van der Waals surface area (Å²) >= 11 is 0. The lowest BCUT2D eigenvalue weighted by atomic mass is 10.0. The minimum atomic E-state index is -0.150. The van der Waals surface area contributed by atoms with Crippen molar-refractivity contribution in [3.05, 3.63) is 29.6 Å². The van der Waals surface area contributed by atoms with Gasteiger partial charge in [-0.05, 0) is 56.5 Å². The van der Waals surface area contributed by atoms with Crippen molar-refractivity contribution in [2.24, 2.45) is 5.92 Å². The van der Waals surface area contributed by atoms with Crippen LogP contribution in [0.5, 0.6) is 0 Å². The Labute approximate surface area is 116 Å². The molecule has 1 fully saturated rings. The van der Waals surface area contributed by atoms with E-state index < -0.39 is 0 Å². The fraction of sp³-hybridized carbons (Fsp3) is 0.625. The highest BCUT2D eigenvalue weighted by Gasteiger charge is 2.28. The maximum atomic E-state index is 13.6. The van der Waals surface area contributed by atoms with Gasteiger partial charge in [0, 0.05) is 24.3 Å². The molecule has 1 aliphatic heterocycles. The fourth-order valence-corrected chi connectivity index (χ4v) is 3.19. The van der Waals surface area contributed by atoms with Gasteiger partial charge in [0.15, 0.2) is 0 Å². The van der Waals surface area contributed by atoms with Gasteiger partial charge in [0.25, 0.3) is 0 Å². The van der Waals surface area contributed by atoms with Gasteiger partial charge in [-0.25, -0.2) is 4.39 Å². The molecule has 1 aromatic rings. The van der Waals surface area contributed by atoms with E-state index in [-0.39, 0.29) is 11.9 Å². The number of rotatable bonds is 4. The number of nitrogens with zero attached hydrogens (tertiary/aromatic N) is 1. The molecular formula is C16H25FN2. The smallest absolute Gasteiger partial charge is 0.123 e. The summed E-state index contributed by atoms with van der Waals surface area (Å²) < 4.78 is 13.6. The Morgan fingerprint density at radius 2 is 2.16 bits per heavy atom. The van der Waals surface area contributed by atoms with Crippen LogP contribution in [0.1, 0.15) is 45.7 Å². The molecule has 0 bridgehead atoms. The minimum Gasteiger partial charge on any atom is -0.368 e. The maximum absolute atomic E-state index is 13.6. The number of benzene rings is 1. The zero-order chi connectivity index (χ0) is 14.0. The van der Waals surface area contributed by atoms with Crippen molar-refractivity contribution in [1.29, 1.82) is 0 Å². The first-order valence-corrected chi connectivity index (χ1v) is 7.32. The average Bonchev–Trinajstić information content (AvgIpc) is 2.68. The molecule has 1 saturated heterocycles. The lowest BCUT2D eigenvalue weighted by molar-refractivity contribution is 0.579. The van der Waals surface area contributed by atoms with E-state index in [0.29, 0.717) is 12.0 Å². The Morgan fingerprint density at radius 3 is 2.74 bits per heavy atom. The Hall–Kier alpha value is -1.09. The maximum Gasteiger partial charge on any atom is 0.123 e. The summed E-state index contributed by atoms with van der Waals surface area (Å²) in [6, 6.07) is 5.91. The second-order valence-corrected chi connectivity index (χ2v) is 5.82. The molecule has 0 aromatic heterocycles. The van der Waals surface area contributed by atoms with Gasteiger partial charge in [0.05, 0.1) is 0 Å². The lowest BCUT2D eigenvalue weighted by Crippen LogP contribution is -2.29. The summed E-state index contributed by atoms with van der Waals surface area (Å²) in [6.45, 7) is 10.7. The Bertz CT molecular complexity index is 433. The zero-order valence-corrected chi connectivity index (χ0v) is 12.4. The van der Waals surface area contributed by atoms with Gasteiger partial charge in [0.2, 0.25) is 0 Å². The first-order chi connectivity index (χ1) is 9.02. The van der Waals surface area contributed by atoms with Crippen LogP contribution in [0.4, 0.5) is 10.1 Å². The second-order valence-electron chi connectivity index (χ2n) is 5.82. The predicted octanol–water partition coefficient (Wildman–Crippen LogP) is 3.73. The van der Waals surface area contributed by atoms with Crippen molar-refractivity contribution in [3.8, 4) is 0 Å². The molecule has 1 N–H and O–H groups in total. The van der Waals surface area contributed by atoms with Crippen molar-refractivity contribution < 1.29 is 4.39 Å². The van der Waals surface area contributed by atoms with Crippen LogP contribution in [0.3, 0.4) is 0 Å². The normalized spacial score (nSPS) is 24.8. The van der Waals surface area contributed by atoms with Crippen LogP contribution in [0, 0.1) is 11.7 Å². The van der Waals surface area contributed by atoms with E-state index in [1.165, 1.54) is 12.1 Å². The quantitative estimate of drug-likeness (QED) is 0.891. The number of halogens is 1. The molecule has 3 atom stereocenters. The van der Waals surface area contributed by atoms with Crippen molar-refractivity contribution in [3.63, 3.8) is 0 Å². The van der Waals surface area contributed by atoms with Crippen molar-refractivity contribution >= 4 is 5.69 Å². The summed E-state index contributed by atoms with van der Waals surface area (Å²) in [6.07, 6.45) is 1.21. The number of hydrogen-bond donors (Lipinski definition) is 1. The molecule has 3 heteroatoms. The van der Waals surface area contributed by atoms with E-state index in [0.717, 1.165) is 18.7 Å². The highest BCUT2D eigenvalue weighted by molar-refractivity contribution is 5.56. The molecule has 0 radical (unpaired) electrons. The topological polar surface area (TPSA) is 15.3 Å². The molecule has 3 unspecified atom stereocenters. The van der Waals surface area contributed by atoms with Gasteiger partial charge in [0.1, 0.15) is 5.82 Å². The molecule has 1 heterocycles. The molecule has 0 aliphatic carbocycles. The molecule has 1 aliphatic rings. The predicted molar refractivity (Wildman–Crippen MR) is 79.1 cm³/mol. The van der Waals surface area contributed by atoms with E-state index in [1.54, 1.807) is 12.1 Å². The van der Waals surface area contributed by atoms with E-state index in [9.17, 15) is 4.39 Å². The third-order valence-electron chi connectivity index (χ3n) is 4.06. The number of hydrogen-bond acceptors (Lipinski definition) is 2. The van der Waals surface area contributed by atoms with Crippen molar-refractivity contribution in [2.75, 3.05) is 18.0 Å². The second kappa shape index (κ2) is 5.91. The SMILES string of the molecule is CCNC(C)c1cc(F)ccc1N1CC(C)CC1C. The first kappa shape index (κ1) is 14.3. The summed E-state index contributed by atoms with van der Waals surface area (Å²) in [5.41, 5.74) is 2.26. The third-order valence-corrected chi connectivity index (χ3v) is 4.06. The molecule has 106 valence electrons. The fourth-order valence-electron chi connectivity index (χ4n) is 3.19. The van der Waals surface area contributed by atoms with Crippen LogP contribution in [0.25, 0.3) is 0 Å². The van der Waals surface area contributed by atoms with Gasteiger partial charge >= 0.3 is 0 Å².